The minimum Gasteiger partial charge on any atom is -0.509 e. The van der Waals surface area contributed by atoms with Crippen molar-refractivity contribution in [2.24, 2.45) is 0 Å². The number of carbonyl (C=O) groups excluding carboxylic acids is 1. The summed E-state index contributed by atoms with van der Waals surface area (Å²) in [7, 11) is 0. The van der Waals surface area contributed by atoms with E-state index in [2.05, 4.69) is 0 Å². The molecule has 86 valence electrons. The molecule has 0 saturated heterocycles. The van der Waals surface area contributed by atoms with Gasteiger partial charge in [-0.05, 0) is 18.6 Å². The SMILES string of the molecule is CCCCC(O)=COC(=O)c1ccccc1. The highest BCUT2D eigenvalue weighted by molar-refractivity contribution is 5.89. The first-order valence-electron chi connectivity index (χ1n) is 5.38. The third-order valence-electron chi connectivity index (χ3n) is 2.10. The Morgan fingerprint density at radius 2 is 2.06 bits per heavy atom. The Bertz CT molecular complexity index is 355. The summed E-state index contributed by atoms with van der Waals surface area (Å²) in [5.41, 5.74) is 0.474. The van der Waals surface area contributed by atoms with Gasteiger partial charge in [0.15, 0.2) is 0 Å². The molecule has 1 rings (SSSR count). The van der Waals surface area contributed by atoms with Crippen LogP contribution in [-0.2, 0) is 4.74 Å². The van der Waals surface area contributed by atoms with Gasteiger partial charge in [0.25, 0.3) is 0 Å². The summed E-state index contributed by atoms with van der Waals surface area (Å²) in [5, 5.41) is 9.36. The lowest BCUT2D eigenvalue weighted by Crippen LogP contribution is -2.00. The van der Waals surface area contributed by atoms with E-state index in [0.29, 0.717) is 12.0 Å². The maximum absolute atomic E-state index is 11.4. The number of allylic oxidation sites excluding steroid dienone is 1. The smallest absolute Gasteiger partial charge is 0.343 e. The highest BCUT2D eigenvalue weighted by atomic mass is 16.5. The molecule has 0 aliphatic carbocycles. The van der Waals surface area contributed by atoms with Crippen LogP contribution >= 0.6 is 0 Å². The minimum atomic E-state index is -0.455. The van der Waals surface area contributed by atoms with E-state index < -0.39 is 5.97 Å². The third-order valence-corrected chi connectivity index (χ3v) is 2.10. The number of unbranched alkanes of at least 4 members (excludes halogenated alkanes) is 1. The van der Waals surface area contributed by atoms with Crippen molar-refractivity contribution in [2.45, 2.75) is 26.2 Å². The molecule has 0 spiro atoms. The van der Waals surface area contributed by atoms with Crippen LogP contribution in [0.25, 0.3) is 0 Å². The number of esters is 1. The largest absolute Gasteiger partial charge is 0.509 e. The van der Waals surface area contributed by atoms with Gasteiger partial charge in [-0.3, -0.25) is 0 Å². The monoisotopic (exact) mass is 220 g/mol. The Morgan fingerprint density at radius 3 is 2.69 bits per heavy atom. The van der Waals surface area contributed by atoms with Gasteiger partial charge in [-0.2, -0.15) is 0 Å². The highest BCUT2D eigenvalue weighted by Gasteiger charge is 2.04. The number of carbonyl (C=O) groups is 1. The molecule has 3 nitrogen and oxygen atoms in total. The summed E-state index contributed by atoms with van der Waals surface area (Å²) >= 11 is 0. The van der Waals surface area contributed by atoms with Crippen molar-refractivity contribution in [3.8, 4) is 0 Å². The van der Waals surface area contributed by atoms with Crippen molar-refractivity contribution >= 4 is 5.97 Å². The quantitative estimate of drug-likeness (QED) is 0.610. The topological polar surface area (TPSA) is 46.5 Å². The van der Waals surface area contributed by atoms with Gasteiger partial charge in [-0.25, -0.2) is 4.79 Å². The normalized spacial score (nSPS) is 11.2. The second kappa shape index (κ2) is 6.67. The van der Waals surface area contributed by atoms with Gasteiger partial charge in [-0.1, -0.05) is 31.5 Å². The van der Waals surface area contributed by atoms with E-state index in [9.17, 15) is 9.90 Å². The Hall–Kier alpha value is -1.77. The minimum absolute atomic E-state index is 0.103. The standard InChI is InChI=1S/C13H16O3/c1-2-3-9-12(14)10-16-13(15)11-7-5-4-6-8-11/h4-8,10,14H,2-3,9H2,1H3. The molecule has 1 aromatic carbocycles. The Kier molecular flexibility index (Phi) is 5.12. The molecular weight excluding hydrogens is 204 g/mol. The molecule has 0 fully saturated rings. The average molecular weight is 220 g/mol. The Morgan fingerprint density at radius 1 is 1.38 bits per heavy atom. The fourth-order valence-corrected chi connectivity index (χ4v) is 1.18. The van der Waals surface area contributed by atoms with Crippen LogP contribution in [0.2, 0.25) is 0 Å². The van der Waals surface area contributed by atoms with E-state index in [-0.39, 0.29) is 5.76 Å². The lowest BCUT2D eigenvalue weighted by Gasteiger charge is -2.00. The van der Waals surface area contributed by atoms with E-state index >= 15 is 0 Å². The summed E-state index contributed by atoms with van der Waals surface area (Å²) in [5.74, 6) is -0.352. The summed E-state index contributed by atoms with van der Waals surface area (Å²) in [6.45, 7) is 2.03. The van der Waals surface area contributed by atoms with E-state index in [1.165, 1.54) is 0 Å². The predicted molar refractivity (Wildman–Crippen MR) is 62.1 cm³/mol. The van der Waals surface area contributed by atoms with Gasteiger partial charge in [0.2, 0.25) is 0 Å². The zero-order chi connectivity index (χ0) is 11.8. The molecule has 0 aliphatic rings. The number of benzene rings is 1. The molecule has 0 amide bonds. The van der Waals surface area contributed by atoms with Crippen LogP contribution in [0.5, 0.6) is 0 Å². The summed E-state index contributed by atoms with van der Waals surface area (Å²) in [4.78, 5) is 11.4. The van der Waals surface area contributed by atoms with E-state index in [0.717, 1.165) is 19.1 Å². The highest BCUT2D eigenvalue weighted by Crippen LogP contribution is 2.06. The van der Waals surface area contributed by atoms with Crippen LogP contribution in [0, 0.1) is 0 Å². The van der Waals surface area contributed by atoms with Crippen LogP contribution in [0.3, 0.4) is 0 Å². The van der Waals surface area contributed by atoms with Gasteiger partial charge in [0.05, 0.1) is 5.56 Å². The summed E-state index contributed by atoms with van der Waals surface area (Å²) in [6, 6.07) is 8.68. The summed E-state index contributed by atoms with van der Waals surface area (Å²) in [6.07, 6.45) is 3.53. The van der Waals surface area contributed by atoms with Crippen LogP contribution in [0.1, 0.15) is 36.5 Å². The second-order valence-electron chi connectivity index (χ2n) is 3.48. The van der Waals surface area contributed by atoms with Crippen LogP contribution < -0.4 is 0 Å². The van der Waals surface area contributed by atoms with Gasteiger partial charge >= 0.3 is 5.97 Å². The molecule has 0 radical (unpaired) electrons. The Balaban J connectivity index is 2.46. The lowest BCUT2D eigenvalue weighted by atomic mass is 10.2. The van der Waals surface area contributed by atoms with Crippen molar-refractivity contribution < 1.29 is 14.6 Å². The summed E-state index contributed by atoms with van der Waals surface area (Å²) < 4.78 is 4.84. The maximum atomic E-state index is 11.4. The second-order valence-corrected chi connectivity index (χ2v) is 3.48. The maximum Gasteiger partial charge on any atom is 0.343 e. The number of rotatable bonds is 5. The first-order valence-corrected chi connectivity index (χ1v) is 5.38. The molecule has 3 heteroatoms. The molecule has 1 aromatic rings. The fourth-order valence-electron chi connectivity index (χ4n) is 1.18. The predicted octanol–water partition coefficient (Wildman–Crippen LogP) is 3.43. The lowest BCUT2D eigenvalue weighted by molar-refractivity contribution is 0.0650. The van der Waals surface area contributed by atoms with Crippen molar-refractivity contribution in [1.29, 1.82) is 0 Å². The fraction of sp³-hybridized carbons (Fsp3) is 0.308. The molecule has 0 aromatic heterocycles. The number of aliphatic hydroxyl groups excluding tert-OH is 1. The van der Waals surface area contributed by atoms with Crippen LogP contribution in [0.4, 0.5) is 0 Å². The van der Waals surface area contributed by atoms with Crippen LogP contribution in [-0.4, -0.2) is 11.1 Å². The van der Waals surface area contributed by atoms with Gasteiger partial charge in [0, 0.05) is 6.42 Å². The molecule has 0 atom stereocenters. The third kappa shape index (κ3) is 4.17. The number of hydrogen-bond donors (Lipinski definition) is 1. The van der Waals surface area contributed by atoms with Crippen molar-refractivity contribution in [3.05, 3.63) is 47.9 Å². The molecule has 1 N–H and O–H groups in total. The number of aliphatic hydroxyl groups is 1. The first-order chi connectivity index (χ1) is 7.74. The van der Waals surface area contributed by atoms with Crippen molar-refractivity contribution in [3.63, 3.8) is 0 Å². The number of ether oxygens (including phenoxy) is 1. The van der Waals surface area contributed by atoms with Gasteiger partial charge in [-0.15, -0.1) is 0 Å². The molecule has 0 aliphatic heterocycles. The zero-order valence-electron chi connectivity index (χ0n) is 9.35. The molecule has 0 heterocycles. The first kappa shape index (κ1) is 12.3. The molecule has 0 unspecified atom stereocenters. The van der Waals surface area contributed by atoms with E-state index in [1.54, 1.807) is 24.3 Å². The molecule has 16 heavy (non-hydrogen) atoms. The van der Waals surface area contributed by atoms with Crippen LogP contribution in [0.15, 0.2) is 42.4 Å². The number of hydrogen-bond acceptors (Lipinski definition) is 3. The average Bonchev–Trinajstić information content (AvgIpc) is 2.34. The van der Waals surface area contributed by atoms with Crippen molar-refractivity contribution in [2.75, 3.05) is 0 Å². The Labute approximate surface area is 95.4 Å². The zero-order valence-corrected chi connectivity index (χ0v) is 9.35. The van der Waals surface area contributed by atoms with Gasteiger partial charge in [0.1, 0.15) is 12.0 Å². The van der Waals surface area contributed by atoms with Crippen molar-refractivity contribution in [1.82, 2.24) is 0 Å². The van der Waals surface area contributed by atoms with E-state index in [1.807, 2.05) is 13.0 Å². The molecular formula is C13H16O3. The van der Waals surface area contributed by atoms with Gasteiger partial charge < -0.3 is 9.84 Å². The molecule has 0 bridgehead atoms. The molecule has 0 saturated carbocycles. The van der Waals surface area contributed by atoms with E-state index in [4.69, 9.17) is 4.74 Å².